The van der Waals surface area contributed by atoms with E-state index < -0.39 is 0 Å². The maximum atomic E-state index is 12.9. The molecule has 0 aliphatic rings. The quantitative estimate of drug-likeness (QED) is 0.556. The lowest BCUT2D eigenvalue weighted by Crippen LogP contribution is -2.14. The number of carbonyl (C=O) groups excluding carboxylic acids is 1. The topological polar surface area (TPSA) is 66.9 Å². The van der Waals surface area contributed by atoms with Crippen LogP contribution in [0.5, 0.6) is 0 Å². The van der Waals surface area contributed by atoms with E-state index in [-0.39, 0.29) is 17.5 Å². The van der Waals surface area contributed by atoms with E-state index in [0.29, 0.717) is 26.7 Å². The van der Waals surface area contributed by atoms with Gasteiger partial charge in [-0.25, -0.2) is 4.39 Å². The van der Waals surface area contributed by atoms with Crippen LogP contribution in [0.2, 0.25) is 5.02 Å². The van der Waals surface area contributed by atoms with Crippen LogP contribution in [0.15, 0.2) is 52.9 Å². The number of halogens is 2. The van der Waals surface area contributed by atoms with Gasteiger partial charge in [0.1, 0.15) is 5.82 Å². The number of rotatable bonds is 7. The average Bonchev–Trinajstić information content (AvgIpc) is 3.09. The normalized spacial score (nSPS) is 10.5. The SMILES string of the molecule is O=C(CSc1nnc(NCc2ccc(F)cc2)s1)Nc1ccccc1Cl. The molecule has 0 spiro atoms. The highest BCUT2D eigenvalue weighted by molar-refractivity contribution is 8.01. The van der Waals surface area contributed by atoms with Gasteiger partial charge in [-0.1, -0.05) is 59.0 Å². The minimum Gasteiger partial charge on any atom is -0.356 e. The number of benzene rings is 2. The van der Waals surface area contributed by atoms with E-state index in [1.54, 1.807) is 36.4 Å². The standard InChI is InChI=1S/C17H14ClFN4OS2/c18-13-3-1-2-4-14(13)21-15(24)10-25-17-23-22-16(26-17)20-9-11-5-7-12(19)8-6-11/h1-8H,9-10H2,(H,20,22)(H,21,24). The van der Waals surface area contributed by atoms with Crippen molar-refractivity contribution in [2.45, 2.75) is 10.9 Å². The number of nitrogens with one attached hydrogen (secondary N) is 2. The van der Waals surface area contributed by atoms with Gasteiger partial charge in [0.2, 0.25) is 11.0 Å². The molecule has 3 aromatic rings. The molecular weight excluding hydrogens is 395 g/mol. The maximum Gasteiger partial charge on any atom is 0.234 e. The first kappa shape index (κ1) is 18.6. The second-order valence-corrected chi connectivity index (χ2v) is 7.78. The first-order valence-corrected chi connectivity index (χ1v) is 9.77. The highest BCUT2D eigenvalue weighted by Gasteiger charge is 2.09. The molecule has 0 atom stereocenters. The fourth-order valence-corrected chi connectivity index (χ4v) is 3.73. The summed E-state index contributed by atoms with van der Waals surface area (Å²) in [5.74, 6) is -0.227. The minimum absolute atomic E-state index is 0.167. The number of aromatic nitrogens is 2. The van der Waals surface area contributed by atoms with Gasteiger partial charge in [-0.3, -0.25) is 4.79 Å². The van der Waals surface area contributed by atoms with Gasteiger partial charge in [-0.2, -0.15) is 0 Å². The van der Waals surface area contributed by atoms with Crippen LogP contribution >= 0.6 is 34.7 Å². The summed E-state index contributed by atoms with van der Waals surface area (Å²) in [6.45, 7) is 0.520. The fraction of sp³-hybridized carbons (Fsp3) is 0.118. The Kier molecular flexibility index (Phi) is 6.43. The molecule has 0 radical (unpaired) electrons. The first-order chi connectivity index (χ1) is 12.6. The van der Waals surface area contributed by atoms with E-state index in [2.05, 4.69) is 20.8 Å². The molecule has 0 saturated carbocycles. The second kappa shape index (κ2) is 8.98. The summed E-state index contributed by atoms with van der Waals surface area (Å²) >= 11 is 8.67. The zero-order valence-electron chi connectivity index (χ0n) is 13.4. The molecule has 0 aliphatic heterocycles. The van der Waals surface area contributed by atoms with Crippen LogP contribution in [-0.2, 0) is 11.3 Å². The van der Waals surface area contributed by atoms with Gasteiger partial charge in [-0.15, -0.1) is 10.2 Å². The van der Waals surface area contributed by atoms with Gasteiger partial charge >= 0.3 is 0 Å². The summed E-state index contributed by atoms with van der Waals surface area (Å²) < 4.78 is 13.6. The van der Waals surface area contributed by atoms with Crippen molar-refractivity contribution in [1.29, 1.82) is 0 Å². The molecule has 1 aromatic heterocycles. The van der Waals surface area contributed by atoms with E-state index in [0.717, 1.165) is 5.56 Å². The lowest BCUT2D eigenvalue weighted by Gasteiger charge is -2.05. The molecule has 26 heavy (non-hydrogen) atoms. The van der Waals surface area contributed by atoms with Gasteiger partial charge in [0.25, 0.3) is 0 Å². The number of hydrogen-bond donors (Lipinski definition) is 2. The molecule has 1 amide bonds. The largest absolute Gasteiger partial charge is 0.356 e. The molecule has 0 aliphatic carbocycles. The van der Waals surface area contributed by atoms with Crippen molar-refractivity contribution in [3.8, 4) is 0 Å². The monoisotopic (exact) mass is 408 g/mol. The van der Waals surface area contributed by atoms with Crippen molar-refractivity contribution in [2.75, 3.05) is 16.4 Å². The average molecular weight is 409 g/mol. The maximum absolute atomic E-state index is 12.9. The van der Waals surface area contributed by atoms with Gasteiger partial charge < -0.3 is 10.6 Å². The van der Waals surface area contributed by atoms with Crippen molar-refractivity contribution in [2.24, 2.45) is 0 Å². The predicted molar refractivity (Wildman–Crippen MR) is 104 cm³/mol. The third-order valence-corrected chi connectivity index (χ3v) is 5.58. The first-order valence-electron chi connectivity index (χ1n) is 7.59. The summed E-state index contributed by atoms with van der Waals surface area (Å²) in [6, 6.07) is 13.3. The Labute approximate surface area is 163 Å². The van der Waals surface area contributed by atoms with Crippen molar-refractivity contribution in [1.82, 2.24) is 10.2 Å². The van der Waals surface area contributed by atoms with E-state index in [1.807, 2.05) is 0 Å². The molecule has 2 aromatic carbocycles. The lowest BCUT2D eigenvalue weighted by atomic mass is 10.2. The van der Waals surface area contributed by atoms with Crippen LogP contribution in [0.3, 0.4) is 0 Å². The highest BCUT2D eigenvalue weighted by Crippen LogP contribution is 2.26. The summed E-state index contributed by atoms with van der Waals surface area (Å²) in [5.41, 5.74) is 1.52. The molecule has 9 heteroatoms. The van der Waals surface area contributed by atoms with Gasteiger partial charge in [-0.05, 0) is 29.8 Å². The number of carbonyl (C=O) groups is 1. The van der Waals surface area contributed by atoms with E-state index in [9.17, 15) is 9.18 Å². The Hall–Kier alpha value is -2.16. The number of thioether (sulfide) groups is 1. The molecule has 1 heterocycles. The van der Waals surface area contributed by atoms with Crippen LogP contribution in [0.25, 0.3) is 0 Å². The summed E-state index contributed by atoms with van der Waals surface area (Å²) in [4.78, 5) is 12.0. The Morgan fingerprint density at radius 1 is 1.15 bits per heavy atom. The number of nitrogens with zero attached hydrogens (tertiary/aromatic N) is 2. The summed E-state index contributed by atoms with van der Waals surface area (Å²) in [7, 11) is 0. The van der Waals surface area contributed by atoms with E-state index >= 15 is 0 Å². The van der Waals surface area contributed by atoms with Crippen LogP contribution < -0.4 is 10.6 Å². The van der Waals surface area contributed by atoms with E-state index in [4.69, 9.17) is 11.6 Å². The molecule has 0 bridgehead atoms. The fourth-order valence-electron chi connectivity index (χ4n) is 2.00. The predicted octanol–water partition coefficient (Wildman–Crippen LogP) is 4.67. The number of para-hydroxylation sites is 1. The number of hydrogen-bond acceptors (Lipinski definition) is 6. The summed E-state index contributed by atoms with van der Waals surface area (Å²) in [5, 5.41) is 15.1. The lowest BCUT2D eigenvalue weighted by molar-refractivity contribution is -0.113. The van der Waals surface area contributed by atoms with Crippen LogP contribution in [-0.4, -0.2) is 21.9 Å². The van der Waals surface area contributed by atoms with Crippen LogP contribution in [0.4, 0.5) is 15.2 Å². The number of amides is 1. The van der Waals surface area contributed by atoms with Crippen molar-refractivity contribution < 1.29 is 9.18 Å². The highest BCUT2D eigenvalue weighted by atomic mass is 35.5. The minimum atomic E-state index is -0.265. The van der Waals surface area contributed by atoms with Gasteiger partial charge in [0, 0.05) is 6.54 Å². The molecular formula is C17H14ClFN4OS2. The Bertz CT molecular complexity index is 888. The molecule has 5 nitrogen and oxygen atoms in total. The molecule has 3 rings (SSSR count). The van der Waals surface area contributed by atoms with Gasteiger partial charge in [0.15, 0.2) is 4.34 Å². The molecule has 2 N–H and O–H groups in total. The smallest absolute Gasteiger partial charge is 0.234 e. The zero-order valence-corrected chi connectivity index (χ0v) is 15.8. The molecule has 0 saturated heterocycles. The molecule has 134 valence electrons. The molecule has 0 fully saturated rings. The second-order valence-electron chi connectivity index (χ2n) is 5.17. The zero-order chi connectivity index (χ0) is 18.4. The van der Waals surface area contributed by atoms with Crippen molar-refractivity contribution >= 4 is 51.4 Å². The Balaban J connectivity index is 1.46. The van der Waals surface area contributed by atoms with Gasteiger partial charge in [0.05, 0.1) is 16.5 Å². The van der Waals surface area contributed by atoms with Crippen molar-refractivity contribution in [3.63, 3.8) is 0 Å². The number of anilines is 2. The Morgan fingerprint density at radius 2 is 1.92 bits per heavy atom. The third-order valence-electron chi connectivity index (χ3n) is 3.24. The summed E-state index contributed by atoms with van der Waals surface area (Å²) in [6.07, 6.45) is 0. The van der Waals surface area contributed by atoms with Crippen LogP contribution in [0.1, 0.15) is 5.56 Å². The Morgan fingerprint density at radius 3 is 2.69 bits per heavy atom. The van der Waals surface area contributed by atoms with Crippen LogP contribution in [0, 0.1) is 5.82 Å². The molecule has 0 unspecified atom stereocenters. The van der Waals surface area contributed by atoms with Crippen molar-refractivity contribution in [3.05, 3.63) is 64.9 Å². The third kappa shape index (κ3) is 5.42. The van der Waals surface area contributed by atoms with E-state index in [1.165, 1.54) is 35.2 Å².